The Kier molecular flexibility index (Phi) is 4.44. The number of rotatable bonds is 2. The Balaban J connectivity index is 1.82. The smallest absolute Gasteiger partial charge is 0.410 e. The zero-order valence-corrected chi connectivity index (χ0v) is 14.0. The molecule has 1 aliphatic rings. The summed E-state index contributed by atoms with van der Waals surface area (Å²) in [6.07, 6.45) is 1.40. The van der Waals surface area contributed by atoms with Crippen molar-refractivity contribution in [3.8, 4) is 0 Å². The Morgan fingerprint density at radius 1 is 1.55 bits per heavy atom. The van der Waals surface area contributed by atoms with Gasteiger partial charge in [0.15, 0.2) is 0 Å². The molecule has 1 saturated heterocycles. The molecule has 5 nitrogen and oxygen atoms in total. The van der Waals surface area contributed by atoms with Gasteiger partial charge in [0.1, 0.15) is 10.8 Å². The Hall–Kier alpha value is -1.01. The number of nitrogens with zero attached hydrogens (tertiary/aromatic N) is 2. The summed E-state index contributed by atoms with van der Waals surface area (Å²) in [4.78, 5) is 17.5. The van der Waals surface area contributed by atoms with Gasteiger partial charge in [0, 0.05) is 13.1 Å². The highest BCUT2D eigenvalue weighted by molar-refractivity contribution is 9.10. The number of pyridine rings is 1. The van der Waals surface area contributed by atoms with Gasteiger partial charge in [-0.25, -0.2) is 9.78 Å². The van der Waals surface area contributed by atoms with Gasteiger partial charge < -0.3 is 15.0 Å². The molecular formula is C13H17BrClN3O2. The highest BCUT2D eigenvalue weighted by Crippen LogP contribution is 2.24. The maximum Gasteiger partial charge on any atom is 0.410 e. The first kappa shape index (κ1) is 15.4. The Bertz CT molecular complexity index is 513. The zero-order chi connectivity index (χ0) is 14.9. The molecule has 20 heavy (non-hydrogen) atoms. The summed E-state index contributed by atoms with van der Waals surface area (Å²) in [6, 6.07) is 2.07. The number of carbonyl (C=O) groups excluding carboxylic acids is 1. The maximum absolute atomic E-state index is 11.8. The van der Waals surface area contributed by atoms with Crippen LogP contribution in [0.3, 0.4) is 0 Å². The largest absolute Gasteiger partial charge is 0.444 e. The molecule has 0 aliphatic carbocycles. The first-order valence-electron chi connectivity index (χ1n) is 6.30. The molecule has 0 unspecified atom stereocenters. The van der Waals surface area contributed by atoms with Crippen molar-refractivity contribution in [1.29, 1.82) is 0 Å². The van der Waals surface area contributed by atoms with E-state index >= 15 is 0 Å². The van der Waals surface area contributed by atoms with Crippen LogP contribution in [0.4, 0.5) is 10.5 Å². The van der Waals surface area contributed by atoms with Crippen LogP contribution in [0.2, 0.25) is 5.15 Å². The number of anilines is 1. The van der Waals surface area contributed by atoms with Gasteiger partial charge in [-0.3, -0.25) is 0 Å². The van der Waals surface area contributed by atoms with E-state index in [0.717, 1.165) is 10.2 Å². The van der Waals surface area contributed by atoms with Gasteiger partial charge in [-0.1, -0.05) is 11.6 Å². The van der Waals surface area contributed by atoms with Gasteiger partial charge in [0.05, 0.1) is 22.4 Å². The van der Waals surface area contributed by atoms with Crippen LogP contribution in [0.15, 0.2) is 16.7 Å². The van der Waals surface area contributed by atoms with Crippen molar-refractivity contribution < 1.29 is 9.53 Å². The summed E-state index contributed by atoms with van der Waals surface area (Å²) in [5.41, 5.74) is 0.413. The fraction of sp³-hybridized carbons (Fsp3) is 0.538. The van der Waals surface area contributed by atoms with E-state index in [-0.39, 0.29) is 12.1 Å². The molecule has 0 atom stereocenters. The fourth-order valence-electron chi connectivity index (χ4n) is 1.78. The summed E-state index contributed by atoms with van der Waals surface area (Å²) in [5, 5.41) is 3.72. The highest BCUT2D eigenvalue weighted by Gasteiger charge is 2.33. The third kappa shape index (κ3) is 3.99. The predicted molar refractivity (Wildman–Crippen MR) is 82.2 cm³/mol. The first-order valence-corrected chi connectivity index (χ1v) is 7.47. The van der Waals surface area contributed by atoms with Crippen LogP contribution >= 0.6 is 27.5 Å². The number of halogens is 2. The number of carbonyl (C=O) groups is 1. The van der Waals surface area contributed by atoms with Crippen molar-refractivity contribution in [2.75, 3.05) is 18.4 Å². The monoisotopic (exact) mass is 361 g/mol. The molecule has 2 heterocycles. The predicted octanol–water partition coefficient (Wildman–Crippen LogP) is 3.53. The molecular weight excluding hydrogens is 346 g/mol. The van der Waals surface area contributed by atoms with E-state index < -0.39 is 5.60 Å². The number of hydrogen-bond donors (Lipinski definition) is 1. The molecule has 1 aromatic rings. The van der Waals surface area contributed by atoms with E-state index in [1.165, 1.54) is 0 Å². The summed E-state index contributed by atoms with van der Waals surface area (Å²) < 4.78 is 6.04. The minimum Gasteiger partial charge on any atom is -0.444 e. The number of amides is 1. The minimum atomic E-state index is -0.458. The molecule has 2 rings (SSSR count). The van der Waals surface area contributed by atoms with E-state index in [9.17, 15) is 4.79 Å². The van der Waals surface area contributed by atoms with E-state index in [1.54, 1.807) is 11.1 Å². The van der Waals surface area contributed by atoms with Crippen LogP contribution in [0.5, 0.6) is 0 Å². The van der Waals surface area contributed by atoms with Gasteiger partial charge in [0.2, 0.25) is 0 Å². The molecule has 110 valence electrons. The number of hydrogen-bond acceptors (Lipinski definition) is 4. The topological polar surface area (TPSA) is 54.5 Å². The number of ether oxygens (including phenoxy) is 1. The molecule has 0 radical (unpaired) electrons. The highest BCUT2D eigenvalue weighted by atomic mass is 79.9. The second-order valence-electron chi connectivity index (χ2n) is 5.72. The van der Waals surface area contributed by atoms with Crippen molar-refractivity contribution in [1.82, 2.24) is 9.88 Å². The van der Waals surface area contributed by atoms with Crippen molar-refractivity contribution in [2.45, 2.75) is 32.4 Å². The molecule has 0 bridgehead atoms. The van der Waals surface area contributed by atoms with Crippen LogP contribution in [0, 0.1) is 0 Å². The van der Waals surface area contributed by atoms with Crippen molar-refractivity contribution >= 4 is 39.3 Å². The maximum atomic E-state index is 11.8. The standard InChI is InChI=1S/C13H17BrClN3O2/c1-13(2,3)20-12(19)18-6-9(7-18)17-8-4-10(14)11(15)16-5-8/h4-5,9,17H,6-7H2,1-3H3. The molecule has 0 aromatic carbocycles. The summed E-state index contributed by atoms with van der Waals surface area (Å²) in [5.74, 6) is 0. The SMILES string of the molecule is CC(C)(C)OC(=O)N1CC(Nc2cnc(Cl)c(Br)c2)C1. The number of nitrogens with one attached hydrogen (secondary N) is 1. The molecule has 1 aliphatic heterocycles. The first-order chi connectivity index (χ1) is 9.24. The van der Waals surface area contributed by atoms with Crippen LogP contribution in [0.25, 0.3) is 0 Å². The lowest BCUT2D eigenvalue weighted by Gasteiger charge is -2.40. The molecule has 1 N–H and O–H groups in total. The molecule has 0 spiro atoms. The second-order valence-corrected chi connectivity index (χ2v) is 6.94. The summed E-state index contributed by atoms with van der Waals surface area (Å²) in [7, 11) is 0. The van der Waals surface area contributed by atoms with Crippen LogP contribution in [-0.2, 0) is 4.74 Å². The number of aromatic nitrogens is 1. The third-order valence-electron chi connectivity index (χ3n) is 2.70. The van der Waals surface area contributed by atoms with Gasteiger partial charge in [-0.15, -0.1) is 0 Å². The third-order valence-corrected chi connectivity index (χ3v) is 3.83. The molecule has 1 aromatic heterocycles. The molecule has 1 fully saturated rings. The van der Waals surface area contributed by atoms with Crippen LogP contribution in [0.1, 0.15) is 20.8 Å². The quantitative estimate of drug-likeness (QED) is 0.818. The fourth-order valence-corrected chi connectivity index (χ4v) is 2.23. The summed E-state index contributed by atoms with van der Waals surface area (Å²) >= 11 is 9.16. The van der Waals surface area contributed by atoms with E-state index in [2.05, 4.69) is 26.2 Å². The average molecular weight is 363 g/mol. The van der Waals surface area contributed by atoms with E-state index in [0.29, 0.717) is 18.2 Å². The zero-order valence-electron chi connectivity index (χ0n) is 11.6. The van der Waals surface area contributed by atoms with E-state index in [4.69, 9.17) is 16.3 Å². The average Bonchev–Trinajstić information content (AvgIpc) is 2.25. The lowest BCUT2D eigenvalue weighted by molar-refractivity contribution is 0.0105. The Labute approximate surface area is 131 Å². The van der Waals surface area contributed by atoms with Crippen molar-refractivity contribution in [2.24, 2.45) is 0 Å². The minimum absolute atomic E-state index is 0.206. The van der Waals surface area contributed by atoms with Gasteiger partial charge in [0.25, 0.3) is 0 Å². The van der Waals surface area contributed by atoms with Gasteiger partial charge in [-0.05, 0) is 42.8 Å². The molecule has 1 amide bonds. The molecule has 7 heteroatoms. The lowest BCUT2D eigenvalue weighted by Crippen LogP contribution is -2.57. The van der Waals surface area contributed by atoms with Crippen LogP contribution < -0.4 is 5.32 Å². The Morgan fingerprint density at radius 3 is 2.75 bits per heavy atom. The number of likely N-dealkylation sites (tertiary alicyclic amines) is 1. The van der Waals surface area contributed by atoms with Crippen LogP contribution in [-0.4, -0.2) is 40.7 Å². The Morgan fingerprint density at radius 2 is 2.20 bits per heavy atom. The second kappa shape index (κ2) is 5.77. The molecule has 0 saturated carbocycles. The van der Waals surface area contributed by atoms with Crippen molar-refractivity contribution in [3.63, 3.8) is 0 Å². The van der Waals surface area contributed by atoms with Gasteiger partial charge >= 0.3 is 6.09 Å². The normalized spacial score (nSPS) is 15.8. The summed E-state index contributed by atoms with van der Waals surface area (Å²) in [6.45, 7) is 6.82. The lowest BCUT2D eigenvalue weighted by atomic mass is 10.1. The van der Waals surface area contributed by atoms with E-state index in [1.807, 2.05) is 26.8 Å². The van der Waals surface area contributed by atoms with Gasteiger partial charge in [-0.2, -0.15) is 0 Å². The van der Waals surface area contributed by atoms with Crippen molar-refractivity contribution in [3.05, 3.63) is 21.9 Å².